The summed E-state index contributed by atoms with van der Waals surface area (Å²) in [5.74, 6) is -0.555. The molecule has 33 heavy (non-hydrogen) atoms. The van der Waals surface area contributed by atoms with E-state index in [1.807, 2.05) is 24.3 Å². The third-order valence-corrected chi connectivity index (χ3v) is 6.95. The van der Waals surface area contributed by atoms with Crippen molar-refractivity contribution >= 4 is 21.6 Å². The second-order valence-electron chi connectivity index (χ2n) is 8.29. The molecular formula is C26H25N5OS. The summed E-state index contributed by atoms with van der Waals surface area (Å²) in [4.78, 5) is 15.9. The number of rotatable bonds is 7. The van der Waals surface area contributed by atoms with E-state index >= 15 is 0 Å². The van der Waals surface area contributed by atoms with Gasteiger partial charge in [-0.25, -0.2) is 9.97 Å². The fourth-order valence-electron chi connectivity index (χ4n) is 4.19. The molecule has 1 aliphatic heterocycles. The Bertz CT molecular complexity index is 1240. The van der Waals surface area contributed by atoms with E-state index in [1.165, 1.54) is 49.3 Å². The van der Waals surface area contributed by atoms with Gasteiger partial charge in [-0.1, -0.05) is 42.8 Å². The van der Waals surface area contributed by atoms with Gasteiger partial charge in [0.2, 0.25) is 0 Å². The third-order valence-electron chi connectivity index (χ3n) is 5.85. The molecule has 1 atom stereocenters. The maximum absolute atomic E-state index is 9.83. The first-order valence-corrected chi connectivity index (χ1v) is 12.1. The van der Waals surface area contributed by atoms with E-state index in [0.29, 0.717) is 12.3 Å². The van der Waals surface area contributed by atoms with Crippen LogP contribution in [-0.4, -0.2) is 32.9 Å². The predicted molar refractivity (Wildman–Crippen MR) is 129 cm³/mol. The Labute approximate surface area is 197 Å². The van der Waals surface area contributed by atoms with Gasteiger partial charge in [0.15, 0.2) is 0 Å². The normalized spacial score (nSPS) is 15.2. The Hall–Kier alpha value is -3.34. The number of hydrogen-bond acceptors (Lipinski definition) is 7. The third kappa shape index (κ3) is 5.19. The molecule has 0 bridgehead atoms. The lowest BCUT2D eigenvalue weighted by Crippen LogP contribution is -2.29. The van der Waals surface area contributed by atoms with Crippen molar-refractivity contribution in [2.24, 2.45) is 0 Å². The van der Waals surface area contributed by atoms with Crippen molar-refractivity contribution < 1.29 is 4.74 Å². The second-order valence-corrected chi connectivity index (χ2v) is 9.35. The van der Waals surface area contributed by atoms with Crippen LogP contribution in [0.4, 0.5) is 0 Å². The summed E-state index contributed by atoms with van der Waals surface area (Å²) in [6.07, 6.45) is 5.56. The number of ether oxygens (including phenoxy) is 1. The first-order valence-electron chi connectivity index (χ1n) is 11.3. The minimum atomic E-state index is -0.555. The van der Waals surface area contributed by atoms with Gasteiger partial charge in [0, 0.05) is 12.7 Å². The monoisotopic (exact) mass is 455 g/mol. The molecule has 2 aromatic carbocycles. The Kier molecular flexibility index (Phi) is 6.56. The summed E-state index contributed by atoms with van der Waals surface area (Å²) in [5.41, 5.74) is 3.88. The lowest BCUT2D eigenvalue weighted by Gasteiger charge is -2.26. The smallest absolute Gasteiger partial charge is 0.316 e. The minimum absolute atomic E-state index is 0.273. The van der Waals surface area contributed by atoms with E-state index < -0.39 is 5.92 Å². The minimum Gasteiger partial charge on any atom is -0.459 e. The average molecular weight is 456 g/mol. The highest BCUT2D eigenvalue weighted by Gasteiger charge is 2.20. The summed E-state index contributed by atoms with van der Waals surface area (Å²) < 4.78 is 6.96. The number of likely N-dealkylation sites (tertiary alicyclic amines) is 1. The molecule has 166 valence electrons. The molecule has 7 heteroatoms. The molecule has 2 aromatic heterocycles. The van der Waals surface area contributed by atoms with Crippen molar-refractivity contribution in [1.82, 2.24) is 19.9 Å². The molecule has 0 aliphatic carbocycles. The topological polar surface area (TPSA) is 74.9 Å². The molecule has 5 rings (SSSR count). The zero-order valence-electron chi connectivity index (χ0n) is 18.4. The summed E-state index contributed by atoms with van der Waals surface area (Å²) in [6.45, 7) is 3.72. The van der Waals surface area contributed by atoms with E-state index in [2.05, 4.69) is 50.2 Å². The fraction of sp³-hybridized carbons (Fsp3) is 0.308. The number of hydrogen-bond donors (Lipinski definition) is 0. The molecule has 3 heterocycles. The quantitative estimate of drug-likeness (QED) is 0.376. The largest absolute Gasteiger partial charge is 0.459 e. The SMILES string of the molecule is N#CC(c1ccnc(OCc2cccc(CN3CCCCC3)c2)n1)c1nc2ccccc2s1. The van der Waals surface area contributed by atoms with Crippen LogP contribution in [0.3, 0.4) is 0 Å². The Morgan fingerprint density at radius 3 is 2.70 bits per heavy atom. The van der Waals surface area contributed by atoms with Crippen molar-refractivity contribution in [3.05, 3.63) is 82.6 Å². The van der Waals surface area contributed by atoms with Crippen LogP contribution in [0.15, 0.2) is 60.8 Å². The van der Waals surface area contributed by atoms with Crippen molar-refractivity contribution in [2.45, 2.75) is 38.3 Å². The maximum Gasteiger partial charge on any atom is 0.316 e. The van der Waals surface area contributed by atoms with Gasteiger partial charge in [0.25, 0.3) is 0 Å². The summed E-state index contributed by atoms with van der Waals surface area (Å²) in [6, 6.07) is 20.8. The molecule has 6 nitrogen and oxygen atoms in total. The van der Waals surface area contributed by atoms with Gasteiger partial charge in [-0.3, -0.25) is 4.90 Å². The van der Waals surface area contributed by atoms with Gasteiger partial charge < -0.3 is 4.74 Å². The second kappa shape index (κ2) is 10.1. The van der Waals surface area contributed by atoms with Gasteiger partial charge in [-0.2, -0.15) is 10.2 Å². The van der Waals surface area contributed by atoms with Crippen LogP contribution in [0.5, 0.6) is 6.01 Å². The maximum atomic E-state index is 9.83. The van der Waals surface area contributed by atoms with E-state index in [0.717, 1.165) is 27.3 Å². The van der Waals surface area contributed by atoms with Gasteiger partial charge in [0.1, 0.15) is 17.5 Å². The molecule has 4 aromatic rings. The van der Waals surface area contributed by atoms with Gasteiger partial charge in [-0.05, 0) is 55.3 Å². The molecule has 0 saturated carbocycles. The number of piperidine rings is 1. The van der Waals surface area contributed by atoms with E-state index in [9.17, 15) is 5.26 Å². The highest BCUT2D eigenvalue weighted by atomic mass is 32.1. The number of fused-ring (bicyclic) bond motifs is 1. The lowest BCUT2D eigenvalue weighted by molar-refractivity contribution is 0.220. The summed E-state index contributed by atoms with van der Waals surface area (Å²) in [5, 5.41) is 10.6. The summed E-state index contributed by atoms with van der Waals surface area (Å²) in [7, 11) is 0. The van der Waals surface area contributed by atoms with Crippen molar-refractivity contribution in [2.75, 3.05) is 13.1 Å². The molecule has 0 amide bonds. The molecule has 0 spiro atoms. The van der Waals surface area contributed by atoms with E-state index in [4.69, 9.17) is 4.74 Å². The molecular weight excluding hydrogens is 430 g/mol. The van der Waals surface area contributed by atoms with Gasteiger partial charge in [-0.15, -0.1) is 11.3 Å². The molecule has 1 aliphatic rings. The highest BCUT2D eigenvalue weighted by molar-refractivity contribution is 7.18. The van der Waals surface area contributed by atoms with Crippen LogP contribution in [0.2, 0.25) is 0 Å². The number of nitriles is 1. The van der Waals surface area contributed by atoms with Crippen LogP contribution >= 0.6 is 11.3 Å². The van der Waals surface area contributed by atoms with Crippen molar-refractivity contribution in [1.29, 1.82) is 5.26 Å². The van der Waals surface area contributed by atoms with Gasteiger partial charge >= 0.3 is 6.01 Å². The van der Waals surface area contributed by atoms with E-state index in [-0.39, 0.29) is 6.01 Å². The van der Waals surface area contributed by atoms with Crippen LogP contribution in [0, 0.1) is 11.3 Å². The van der Waals surface area contributed by atoms with Crippen molar-refractivity contribution in [3.8, 4) is 12.1 Å². The van der Waals surface area contributed by atoms with Gasteiger partial charge in [0.05, 0.1) is 22.0 Å². The first kappa shape index (κ1) is 21.5. The number of benzene rings is 2. The summed E-state index contributed by atoms with van der Waals surface area (Å²) >= 11 is 1.52. The zero-order chi connectivity index (χ0) is 22.5. The number of aromatic nitrogens is 3. The highest BCUT2D eigenvalue weighted by Crippen LogP contribution is 2.31. The number of nitrogens with zero attached hydrogens (tertiary/aromatic N) is 5. The van der Waals surface area contributed by atoms with Crippen LogP contribution in [0.1, 0.15) is 47.0 Å². The zero-order valence-corrected chi connectivity index (χ0v) is 19.2. The van der Waals surface area contributed by atoms with Crippen LogP contribution in [0.25, 0.3) is 10.2 Å². The first-order chi connectivity index (χ1) is 16.3. The Morgan fingerprint density at radius 1 is 1.00 bits per heavy atom. The van der Waals surface area contributed by atoms with Crippen LogP contribution < -0.4 is 4.74 Å². The average Bonchev–Trinajstić information content (AvgIpc) is 3.28. The Balaban J connectivity index is 1.27. The van der Waals surface area contributed by atoms with Crippen molar-refractivity contribution in [3.63, 3.8) is 0 Å². The number of thiazole rings is 1. The van der Waals surface area contributed by atoms with Crippen LogP contribution in [-0.2, 0) is 13.2 Å². The number of para-hydroxylation sites is 1. The predicted octanol–water partition coefficient (Wildman–Crippen LogP) is 5.31. The standard InChI is InChI=1S/C26H25N5OS/c27-16-21(25-29-23-9-2-3-10-24(23)33-25)22-11-12-28-26(30-22)32-18-20-8-6-7-19(15-20)17-31-13-4-1-5-14-31/h2-3,6-12,15,21H,1,4-5,13-14,17-18H2. The lowest BCUT2D eigenvalue weighted by atomic mass is 10.1. The molecule has 1 unspecified atom stereocenters. The molecule has 0 N–H and O–H groups in total. The molecule has 1 saturated heterocycles. The fourth-order valence-corrected chi connectivity index (χ4v) is 5.21. The molecule has 1 fully saturated rings. The molecule has 0 radical (unpaired) electrons. The van der Waals surface area contributed by atoms with E-state index in [1.54, 1.807) is 12.3 Å². The Morgan fingerprint density at radius 2 is 1.85 bits per heavy atom.